The Hall–Kier alpha value is -3.19. The molecule has 7 nitrogen and oxygen atoms in total. The second-order valence-electron chi connectivity index (χ2n) is 6.09. The minimum absolute atomic E-state index is 0.0120. The largest absolute Gasteiger partial charge is 0.497 e. The molecule has 0 spiro atoms. The molecule has 0 atom stereocenters. The highest BCUT2D eigenvalue weighted by molar-refractivity contribution is 6.34. The van der Waals surface area contributed by atoms with Crippen molar-refractivity contribution in [2.24, 2.45) is 0 Å². The summed E-state index contributed by atoms with van der Waals surface area (Å²) in [6, 6.07) is 12.6. The Kier molecular flexibility index (Phi) is 5.75. The van der Waals surface area contributed by atoms with E-state index in [0.29, 0.717) is 11.3 Å². The number of rotatable bonds is 6. The number of nitrogens with zero attached hydrogens (tertiary/aromatic N) is 2. The zero-order chi connectivity index (χ0) is 20.3. The van der Waals surface area contributed by atoms with Gasteiger partial charge >= 0.3 is 0 Å². The molecule has 1 fully saturated rings. The molecule has 28 heavy (non-hydrogen) atoms. The van der Waals surface area contributed by atoms with E-state index in [9.17, 15) is 19.2 Å². The van der Waals surface area contributed by atoms with Crippen LogP contribution in [0.1, 0.15) is 33.6 Å². The molecular weight excluding hydrogens is 384 g/mol. The summed E-state index contributed by atoms with van der Waals surface area (Å²) in [5.41, 5.74) is 0.413. The Labute approximate surface area is 166 Å². The van der Waals surface area contributed by atoms with Gasteiger partial charge in [-0.15, -0.1) is 0 Å². The van der Waals surface area contributed by atoms with Gasteiger partial charge in [-0.25, -0.2) is 5.01 Å². The van der Waals surface area contributed by atoms with Crippen LogP contribution in [0.3, 0.4) is 0 Å². The first-order chi connectivity index (χ1) is 13.4. The van der Waals surface area contributed by atoms with E-state index in [-0.39, 0.29) is 23.4 Å². The lowest BCUT2D eigenvalue weighted by Crippen LogP contribution is -2.51. The van der Waals surface area contributed by atoms with E-state index < -0.39 is 30.0 Å². The normalized spacial score (nSPS) is 13.6. The van der Waals surface area contributed by atoms with Crippen LogP contribution in [0.15, 0.2) is 48.5 Å². The van der Waals surface area contributed by atoms with E-state index in [1.165, 1.54) is 19.2 Å². The van der Waals surface area contributed by atoms with Gasteiger partial charge in [-0.05, 0) is 36.4 Å². The van der Waals surface area contributed by atoms with Gasteiger partial charge in [-0.1, -0.05) is 23.7 Å². The first-order valence-corrected chi connectivity index (χ1v) is 8.89. The fourth-order valence-electron chi connectivity index (χ4n) is 2.85. The third kappa shape index (κ3) is 3.89. The molecule has 2 aromatic carbocycles. The number of methoxy groups -OCH3 is 1. The standard InChI is InChI=1S/C20H17ClN2O5/c1-28-14-8-6-13(7-9-14)17(24)12-22(23-18(25)10-11-19(23)26)20(27)15-4-2-3-5-16(15)21/h2-9H,10-12H2,1H3. The molecule has 144 valence electrons. The van der Waals surface area contributed by atoms with E-state index in [1.54, 1.807) is 36.4 Å². The van der Waals surface area contributed by atoms with Crippen molar-refractivity contribution in [1.29, 1.82) is 0 Å². The lowest BCUT2D eigenvalue weighted by molar-refractivity contribution is -0.152. The number of hydrazine groups is 1. The molecule has 1 aliphatic heterocycles. The Morgan fingerprint density at radius 1 is 1.04 bits per heavy atom. The number of ketones is 1. The molecule has 0 N–H and O–H groups in total. The van der Waals surface area contributed by atoms with Gasteiger partial charge in [0.2, 0.25) is 11.8 Å². The third-order valence-electron chi connectivity index (χ3n) is 4.31. The van der Waals surface area contributed by atoms with E-state index in [1.807, 2.05) is 0 Å². The zero-order valence-corrected chi connectivity index (χ0v) is 15.8. The van der Waals surface area contributed by atoms with Crippen molar-refractivity contribution in [1.82, 2.24) is 10.0 Å². The van der Waals surface area contributed by atoms with Crippen LogP contribution in [0.25, 0.3) is 0 Å². The average molecular weight is 401 g/mol. The maximum Gasteiger partial charge on any atom is 0.274 e. The summed E-state index contributed by atoms with van der Waals surface area (Å²) in [5, 5.41) is 1.77. The van der Waals surface area contributed by atoms with Crippen LogP contribution >= 0.6 is 11.6 Å². The van der Waals surface area contributed by atoms with Gasteiger partial charge in [0.1, 0.15) is 12.3 Å². The van der Waals surface area contributed by atoms with Gasteiger partial charge in [0.05, 0.1) is 17.7 Å². The Morgan fingerprint density at radius 2 is 1.64 bits per heavy atom. The van der Waals surface area contributed by atoms with Crippen molar-refractivity contribution in [2.75, 3.05) is 13.7 Å². The molecule has 3 rings (SSSR count). The Balaban J connectivity index is 1.93. The van der Waals surface area contributed by atoms with Crippen LogP contribution in [0, 0.1) is 0 Å². The second-order valence-corrected chi connectivity index (χ2v) is 6.50. The summed E-state index contributed by atoms with van der Waals surface area (Å²) in [6.45, 7) is -0.478. The average Bonchev–Trinajstić information content (AvgIpc) is 3.04. The number of halogens is 1. The smallest absolute Gasteiger partial charge is 0.274 e. The molecule has 1 saturated heterocycles. The summed E-state index contributed by atoms with van der Waals surface area (Å²) < 4.78 is 5.06. The van der Waals surface area contributed by atoms with E-state index in [2.05, 4.69) is 0 Å². The minimum atomic E-state index is -0.698. The van der Waals surface area contributed by atoms with Gasteiger partial charge in [0.15, 0.2) is 5.78 Å². The van der Waals surface area contributed by atoms with Crippen LogP contribution in [-0.4, -0.2) is 47.2 Å². The van der Waals surface area contributed by atoms with Gasteiger partial charge in [0.25, 0.3) is 5.91 Å². The van der Waals surface area contributed by atoms with Gasteiger partial charge in [0, 0.05) is 18.4 Å². The lowest BCUT2D eigenvalue weighted by atomic mass is 10.1. The molecule has 0 bridgehead atoms. The first-order valence-electron chi connectivity index (χ1n) is 8.51. The van der Waals surface area contributed by atoms with Crippen LogP contribution in [0.5, 0.6) is 5.75 Å². The van der Waals surface area contributed by atoms with E-state index in [0.717, 1.165) is 10.0 Å². The van der Waals surface area contributed by atoms with Crippen LogP contribution in [0.2, 0.25) is 5.02 Å². The topological polar surface area (TPSA) is 84.0 Å². The van der Waals surface area contributed by atoms with Crippen molar-refractivity contribution >= 4 is 35.1 Å². The van der Waals surface area contributed by atoms with Gasteiger partial charge < -0.3 is 4.74 Å². The Bertz CT molecular complexity index is 926. The molecule has 1 heterocycles. The predicted octanol–water partition coefficient (Wildman–Crippen LogP) is 2.74. The predicted molar refractivity (Wildman–Crippen MR) is 101 cm³/mol. The molecule has 0 aromatic heterocycles. The summed E-state index contributed by atoms with van der Waals surface area (Å²) in [6.07, 6.45) is -0.0241. The molecule has 0 saturated carbocycles. The van der Waals surface area contributed by atoms with Gasteiger partial charge in [-0.2, -0.15) is 5.01 Å². The number of amides is 3. The molecule has 8 heteroatoms. The summed E-state index contributed by atoms with van der Waals surface area (Å²) in [7, 11) is 1.51. The highest BCUT2D eigenvalue weighted by Crippen LogP contribution is 2.22. The molecule has 0 radical (unpaired) electrons. The van der Waals surface area contributed by atoms with Crippen molar-refractivity contribution in [3.63, 3.8) is 0 Å². The minimum Gasteiger partial charge on any atom is -0.497 e. The highest BCUT2D eigenvalue weighted by Gasteiger charge is 2.38. The van der Waals surface area contributed by atoms with E-state index in [4.69, 9.17) is 16.3 Å². The van der Waals surface area contributed by atoms with Crippen molar-refractivity contribution in [2.45, 2.75) is 12.8 Å². The van der Waals surface area contributed by atoms with Crippen molar-refractivity contribution in [3.8, 4) is 5.75 Å². The molecule has 3 amide bonds. The quantitative estimate of drug-likeness (QED) is 0.550. The lowest BCUT2D eigenvalue weighted by Gasteiger charge is -2.29. The monoisotopic (exact) mass is 400 g/mol. The van der Waals surface area contributed by atoms with Crippen molar-refractivity contribution in [3.05, 3.63) is 64.7 Å². The highest BCUT2D eigenvalue weighted by atomic mass is 35.5. The molecule has 0 aliphatic carbocycles. The second kappa shape index (κ2) is 8.22. The molecule has 1 aliphatic rings. The number of carbonyl (C=O) groups excluding carboxylic acids is 4. The maximum atomic E-state index is 13.0. The van der Waals surface area contributed by atoms with E-state index >= 15 is 0 Å². The number of hydrogen-bond donors (Lipinski definition) is 0. The summed E-state index contributed by atoms with van der Waals surface area (Å²) in [5.74, 6) is -1.63. The summed E-state index contributed by atoms with van der Waals surface area (Å²) in [4.78, 5) is 50.2. The fraction of sp³-hybridized carbons (Fsp3) is 0.200. The molecular formula is C20H17ClN2O5. The fourth-order valence-corrected chi connectivity index (χ4v) is 3.06. The number of carbonyl (C=O) groups is 4. The molecule has 0 unspecified atom stereocenters. The number of imide groups is 1. The third-order valence-corrected chi connectivity index (χ3v) is 4.64. The zero-order valence-electron chi connectivity index (χ0n) is 15.1. The number of benzene rings is 2. The van der Waals surface area contributed by atoms with Crippen LogP contribution in [0.4, 0.5) is 0 Å². The van der Waals surface area contributed by atoms with Gasteiger partial charge in [-0.3, -0.25) is 19.2 Å². The number of hydrogen-bond acceptors (Lipinski definition) is 5. The van der Waals surface area contributed by atoms with Crippen molar-refractivity contribution < 1.29 is 23.9 Å². The summed E-state index contributed by atoms with van der Waals surface area (Å²) >= 11 is 6.09. The molecule has 2 aromatic rings. The number of Topliss-reactive ketones (excluding diaryl/α,β-unsaturated/α-hetero) is 1. The van der Waals surface area contributed by atoms with Crippen LogP contribution < -0.4 is 4.74 Å². The maximum absolute atomic E-state index is 13.0. The first kappa shape index (κ1) is 19.6. The number of ether oxygens (including phenoxy) is 1. The SMILES string of the molecule is COc1ccc(C(=O)CN(C(=O)c2ccccc2Cl)N2C(=O)CCC2=O)cc1. The Morgan fingerprint density at radius 3 is 2.21 bits per heavy atom. The van der Waals surface area contributed by atoms with Crippen LogP contribution in [-0.2, 0) is 9.59 Å².